The molecule has 1 unspecified atom stereocenters. The summed E-state index contributed by atoms with van der Waals surface area (Å²) in [7, 11) is 0. The van der Waals surface area contributed by atoms with Crippen molar-refractivity contribution >= 4 is 35.6 Å². The molecule has 0 bridgehead atoms. The largest absolute Gasteiger partial charge is 0.368 e. The maximum atomic E-state index is 12.4. The van der Waals surface area contributed by atoms with Crippen LogP contribution in [0.2, 0.25) is 5.02 Å². The van der Waals surface area contributed by atoms with Crippen molar-refractivity contribution in [2.75, 3.05) is 18.0 Å². The number of piperidine rings is 1. The highest BCUT2D eigenvalue weighted by molar-refractivity contribution is 6.33. The first-order chi connectivity index (χ1) is 11.7. The lowest BCUT2D eigenvalue weighted by molar-refractivity contribution is 0.0933. The number of rotatable bonds is 4. The lowest BCUT2D eigenvalue weighted by Gasteiger charge is -2.35. The molecule has 1 atom stereocenters. The van der Waals surface area contributed by atoms with Crippen molar-refractivity contribution in [3.63, 3.8) is 0 Å². The van der Waals surface area contributed by atoms with E-state index in [1.54, 1.807) is 0 Å². The lowest BCUT2D eigenvalue weighted by atomic mass is 10.0. The Morgan fingerprint density at radius 3 is 2.60 bits per heavy atom. The summed E-state index contributed by atoms with van der Waals surface area (Å²) in [5.41, 5.74) is 8.32. The number of hydrogen-bond acceptors (Lipinski definition) is 3. The maximum absolute atomic E-state index is 12.4. The van der Waals surface area contributed by atoms with Gasteiger partial charge in [-0.05, 0) is 42.7 Å². The second-order valence-corrected chi connectivity index (χ2v) is 6.52. The van der Waals surface area contributed by atoms with Gasteiger partial charge in [0.15, 0.2) is 0 Å². The summed E-state index contributed by atoms with van der Waals surface area (Å²) in [6.45, 7) is 2.22. The Hall–Kier alpha value is -1.75. The van der Waals surface area contributed by atoms with Crippen molar-refractivity contribution < 1.29 is 4.79 Å². The summed E-state index contributed by atoms with van der Waals surface area (Å²) < 4.78 is 0. The number of carbonyl (C=O) groups is 1. The molecule has 25 heavy (non-hydrogen) atoms. The molecule has 4 nitrogen and oxygen atoms in total. The van der Waals surface area contributed by atoms with E-state index in [1.165, 1.54) is 0 Å². The molecule has 0 radical (unpaired) electrons. The summed E-state index contributed by atoms with van der Waals surface area (Å²) in [4.78, 5) is 14.7. The summed E-state index contributed by atoms with van der Waals surface area (Å²) in [6.07, 6.45) is 2.01. The number of hydrogen-bond donors (Lipinski definition) is 2. The minimum Gasteiger partial charge on any atom is -0.368 e. The van der Waals surface area contributed by atoms with Crippen LogP contribution in [0.15, 0.2) is 48.5 Å². The average molecular weight is 380 g/mol. The molecule has 2 aromatic carbocycles. The second kappa shape index (κ2) is 9.09. The van der Waals surface area contributed by atoms with Crippen LogP contribution in [0.1, 0.15) is 28.8 Å². The number of nitrogens with two attached hydrogens (primary N) is 1. The lowest BCUT2D eigenvalue weighted by Crippen LogP contribution is -2.47. The zero-order valence-corrected chi connectivity index (χ0v) is 15.5. The monoisotopic (exact) mass is 379 g/mol. The standard InChI is InChI=1S/C19H22ClN3O.ClH/c20-17-5-1-2-6-18(17)23-11-3-4-16(13-23)22-19(24)15-9-7-14(12-21)8-10-15;/h1-2,5-10,16H,3-4,11-13,21H2,(H,22,24);1H. The van der Waals surface area contributed by atoms with Crippen LogP contribution in [-0.2, 0) is 6.54 Å². The van der Waals surface area contributed by atoms with Crippen molar-refractivity contribution in [1.82, 2.24) is 5.32 Å². The number of nitrogens with zero attached hydrogens (tertiary/aromatic N) is 1. The Balaban J connectivity index is 0.00000225. The van der Waals surface area contributed by atoms with E-state index in [0.29, 0.717) is 12.1 Å². The maximum Gasteiger partial charge on any atom is 0.251 e. The zero-order valence-electron chi connectivity index (χ0n) is 14.0. The van der Waals surface area contributed by atoms with E-state index < -0.39 is 0 Å². The second-order valence-electron chi connectivity index (χ2n) is 6.11. The summed E-state index contributed by atoms with van der Waals surface area (Å²) in [5, 5.41) is 3.89. The van der Waals surface area contributed by atoms with E-state index in [4.69, 9.17) is 17.3 Å². The van der Waals surface area contributed by atoms with Crippen molar-refractivity contribution in [1.29, 1.82) is 0 Å². The first kappa shape index (κ1) is 19.6. The van der Waals surface area contributed by atoms with Crippen LogP contribution < -0.4 is 16.0 Å². The normalized spacial score (nSPS) is 16.9. The number of nitrogens with one attached hydrogen (secondary N) is 1. The Morgan fingerprint density at radius 1 is 1.20 bits per heavy atom. The highest BCUT2D eigenvalue weighted by Crippen LogP contribution is 2.27. The molecule has 0 spiro atoms. The molecule has 3 N–H and O–H groups in total. The Morgan fingerprint density at radius 2 is 1.92 bits per heavy atom. The molecule has 0 saturated carbocycles. The van der Waals surface area contributed by atoms with Gasteiger partial charge in [-0.25, -0.2) is 0 Å². The fraction of sp³-hybridized carbons (Fsp3) is 0.316. The Labute approximate surface area is 159 Å². The summed E-state index contributed by atoms with van der Waals surface area (Å²) >= 11 is 6.30. The number of halogens is 2. The van der Waals surface area contributed by atoms with E-state index in [1.807, 2.05) is 48.5 Å². The third kappa shape index (κ3) is 4.88. The molecular weight excluding hydrogens is 357 g/mol. The van der Waals surface area contributed by atoms with Gasteiger partial charge in [0.1, 0.15) is 0 Å². The number of amides is 1. The van der Waals surface area contributed by atoms with E-state index in [-0.39, 0.29) is 24.4 Å². The minimum atomic E-state index is -0.0374. The summed E-state index contributed by atoms with van der Waals surface area (Å²) in [6, 6.07) is 15.4. The molecule has 6 heteroatoms. The van der Waals surface area contributed by atoms with Crippen LogP contribution in [0.5, 0.6) is 0 Å². The molecule has 1 saturated heterocycles. The van der Waals surface area contributed by atoms with Crippen LogP contribution in [0.3, 0.4) is 0 Å². The first-order valence-corrected chi connectivity index (χ1v) is 8.64. The van der Waals surface area contributed by atoms with Gasteiger partial charge in [-0.3, -0.25) is 4.79 Å². The van der Waals surface area contributed by atoms with E-state index in [9.17, 15) is 4.79 Å². The molecule has 1 heterocycles. The van der Waals surface area contributed by atoms with Gasteiger partial charge in [-0.2, -0.15) is 0 Å². The van der Waals surface area contributed by atoms with E-state index in [0.717, 1.165) is 42.2 Å². The topological polar surface area (TPSA) is 58.4 Å². The van der Waals surface area contributed by atoms with E-state index >= 15 is 0 Å². The predicted octanol–water partition coefficient (Wildman–Crippen LogP) is 3.62. The number of carbonyl (C=O) groups excluding carboxylic acids is 1. The van der Waals surface area contributed by atoms with Crippen LogP contribution in [-0.4, -0.2) is 25.0 Å². The smallest absolute Gasteiger partial charge is 0.251 e. The van der Waals surface area contributed by atoms with Crippen molar-refractivity contribution in [3.8, 4) is 0 Å². The highest BCUT2D eigenvalue weighted by atomic mass is 35.5. The fourth-order valence-corrected chi connectivity index (χ4v) is 3.34. The number of benzene rings is 2. The van der Waals surface area contributed by atoms with Gasteiger partial charge in [-0.15, -0.1) is 12.4 Å². The van der Waals surface area contributed by atoms with Gasteiger partial charge in [0, 0.05) is 31.2 Å². The van der Waals surface area contributed by atoms with Crippen molar-refractivity contribution in [2.45, 2.75) is 25.4 Å². The quantitative estimate of drug-likeness (QED) is 0.852. The van der Waals surface area contributed by atoms with Gasteiger partial charge >= 0.3 is 0 Å². The van der Waals surface area contributed by atoms with Crippen molar-refractivity contribution in [3.05, 3.63) is 64.7 Å². The van der Waals surface area contributed by atoms with Gasteiger partial charge in [0.2, 0.25) is 0 Å². The molecule has 2 aromatic rings. The minimum absolute atomic E-state index is 0. The Bertz CT molecular complexity index is 706. The van der Waals surface area contributed by atoms with Gasteiger partial charge in [-0.1, -0.05) is 35.9 Å². The molecule has 134 valence electrons. The molecular formula is C19H23Cl2N3O. The average Bonchev–Trinajstić information content (AvgIpc) is 2.62. The van der Waals surface area contributed by atoms with Crippen molar-refractivity contribution in [2.24, 2.45) is 5.73 Å². The van der Waals surface area contributed by atoms with Gasteiger partial charge in [0.05, 0.1) is 10.7 Å². The van der Waals surface area contributed by atoms with Crippen LogP contribution in [0.25, 0.3) is 0 Å². The summed E-state index contributed by atoms with van der Waals surface area (Å²) in [5.74, 6) is -0.0374. The fourth-order valence-electron chi connectivity index (χ4n) is 3.08. The molecule has 1 aliphatic heterocycles. The molecule has 0 aromatic heterocycles. The van der Waals surface area contributed by atoms with Gasteiger partial charge < -0.3 is 16.0 Å². The molecule has 0 aliphatic carbocycles. The SMILES string of the molecule is Cl.NCc1ccc(C(=O)NC2CCCN(c3ccccc3Cl)C2)cc1. The zero-order chi connectivity index (χ0) is 16.9. The predicted molar refractivity (Wildman–Crippen MR) is 106 cm³/mol. The number of para-hydroxylation sites is 1. The third-order valence-electron chi connectivity index (χ3n) is 4.40. The van der Waals surface area contributed by atoms with Crippen LogP contribution >= 0.6 is 24.0 Å². The molecule has 3 rings (SSSR count). The Kier molecular flexibility index (Phi) is 7.12. The third-order valence-corrected chi connectivity index (χ3v) is 4.72. The van der Waals surface area contributed by atoms with Crippen LogP contribution in [0.4, 0.5) is 5.69 Å². The number of anilines is 1. The first-order valence-electron chi connectivity index (χ1n) is 8.26. The van der Waals surface area contributed by atoms with Gasteiger partial charge in [0.25, 0.3) is 5.91 Å². The highest BCUT2D eigenvalue weighted by Gasteiger charge is 2.23. The van der Waals surface area contributed by atoms with E-state index in [2.05, 4.69) is 10.2 Å². The molecule has 1 fully saturated rings. The molecule has 1 aliphatic rings. The van der Waals surface area contributed by atoms with Crippen LogP contribution in [0, 0.1) is 0 Å². The molecule has 1 amide bonds.